The molecule has 0 heterocycles. The SMILES string of the molecule is CC1CCC2(CC1)CCC(C(C)C)CC2.CC1CCC2(CC1)CCC(C(C)C)CC2.CC1CCC2(CC1)CCC(C(C)C)CC2.CC1CCC2(CC1)CCC(C(C)C)CC2.CC1CCC2(CC1)CCC(C(C)C)CC2.CC1CCC2(CC1)CCC(C(C)C)CC2. The Labute approximate surface area is 568 Å². The highest BCUT2D eigenvalue weighted by molar-refractivity contribution is 4.96. The second-order valence-electron chi connectivity index (χ2n) is 40.6. The normalized spacial score (nSPS) is 42.4. The highest BCUT2D eigenvalue weighted by atomic mass is 14.5. The summed E-state index contributed by atoms with van der Waals surface area (Å²) >= 11 is 0. The molecule has 0 bridgehead atoms. The maximum Gasteiger partial charge on any atom is -0.0297 e. The van der Waals surface area contributed by atoms with Gasteiger partial charge in [0, 0.05) is 0 Å². The van der Waals surface area contributed by atoms with Crippen LogP contribution in [0.25, 0.3) is 0 Å². The average Bonchev–Trinajstić information content (AvgIpc) is 3.14. The summed E-state index contributed by atoms with van der Waals surface area (Å²) in [5.74, 6) is 17.8. The minimum Gasteiger partial charge on any atom is -0.0625 e. The zero-order valence-corrected chi connectivity index (χ0v) is 65.3. The molecule has 528 valence electrons. The van der Waals surface area contributed by atoms with Gasteiger partial charge in [-0.15, -0.1) is 0 Å². The lowest BCUT2D eigenvalue weighted by Gasteiger charge is -2.45. The van der Waals surface area contributed by atoms with Crippen LogP contribution in [0.2, 0.25) is 0 Å². The van der Waals surface area contributed by atoms with E-state index in [4.69, 9.17) is 0 Å². The van der Waals surface area contributed by atoms with E-state index in [2.05, 4.69) is 125 Å². The third-order valence-electron chi connectivity index (χ3n) is 32.2. The third-order valence-corrected chi connectivity index (χ3v) is 32.2. The molecule has 12 rings (SSSR count). The molecule has 12 aliphatic rings. The van der Waals surface area contributed by atoms with Crippen molar-refractivity contribution in [3.05, 3.63) is 0 Å². The van der Waals surface area contributed by atoms with Gasteiger partial charge in [0.05, 0.1) is 0 Å². The molecule has 12 fully saturated rings. The minimum absolute atomic E-state index is 0.803. The summed E-state index contributed by atoms with van der Waals surface area (Å²) in [4.78, 5) is 0. The van der Waals surface area contributed by atoms with E-state index >= 15 is 0 Å². The van der Waals surface area contributed by atoms with Crippen molar-refractivity contribution in [2.24, 2.45) is 139 Å². The van der Waals surface area contributed by atoms with Crippen molar-refractivity contribution in [1.29, 1.82) is 0 Å². The van der Waals surface area contributed by atoms with Crippen molar-refractivity contribution >= 4 is 0 Å². The van der Waals surface area contributed by atoms with Gasteiger partial charge in [-0.3, -0.25) is 0 Å². The first-order valence-corrected chi connectivity index (χ1v) is 42.7. The van der Waals surface area contributed by atoms with E-state index in [0.717, 1.165) is 139 Å². The molecule has 0 N–H and O–H groups in total. The largest absolute Gasteiger partial charge is 0.0625 e. The Morgan fingerprint density at radius 1 is 0.144 bits per heavy atom. The zero-order valence-electron chi connectivity index (χ0n) is 65.3. The van der Waals surface area contributed by atoms with Crippen LogP contribution in [-0.2, 0) is 0 Å². The Hall–Kier alpha value is 0. The van der Waals surface area contributed by atoms with Crippen LogP contribution >= 0.6 is 0 Å². The fourth-order valence-electron chi connectivity index (χ4n) is 22.8. The number of rotatable bonds is 6. The van der Waals surface area contributed by atoms with E-state index in [1.165, 1.54) is 154 Å². The summed E-state index contributed by atoms with van der Waals surface area (Å²) in [5, 5.41) is 0. The highest BCUT2D eigenvalue weighted by Crippen LogP contribution is 2.57. The van der Waals surface area contributed by atoms with E-state index in [1.54, 1.807) is 154 Å². The molecule has 0 atom stereocenters. The van der Waals surface area contributed by atoms with Crippen molar-refractivity contribution in [3.8, 4) is 0 Å². The molecule has 0 saturated heterocycles. The van der Waals surface area contributed by atoms with Crippen molar-refractivity contribution in [1.82, 2.24) is 0 Å². The molecule has 0 aromatic heterocycles. The van der Waals surface area contributed by atoms with Crippen LogP contribution in [0.5, 0.6) is 0 Å². The van der Waals surface area contributed by atoms with Crippen molar-refractivity contribution in [2.45, 2.75) is 433 Å². The van der Waals surface area contributed by atoms with Crippen LogP contribution in [0.4, 0.5) is 0 Å². The maximum absolute atomic E-state index is 2.44. The van der Waals surface area contributed by atoms with Crippen LogP contribution < -0.4 is 0 Å². The highest BCUT2D eigenvalue weighted by Gasteiger charge is 2.44. The predicted molar refractivity (Wildman–Crippen MR) is 401 cm³/mol. The van der Waals surface area contributed by atoms with E-state index in [0.29, 0.717) is 0 Å². The topological polar surface area (TPSA) is 0 Å². The van der Waals surface area contributed by atoms with E-state index in [1.807, 2.05) is 0 Å². The van der Waals surface area contributed by atoms with Gasteiger partial charge in [0.25, 0.3) is 0 Å². The summed E-state index contributed by atoms with van der Waals surface area (Å²) in [5.41, 5.74) is 4.82. The lowest BCUT2D eigenvalue weighted by Crippen LogP contribution is -2.32. The molecule has 0 aromatic rings. The molecule has 0 nitrogen and oxygen atoms in total. The standard InChI is InChI=1S/6C15H28/c6*1-12(2)14-6-10-15(11-7-14)8-4-13(3)5-9-15/h6*12-14H,4-11H2,1-3H3. The van der Waals surface area contributed by atoms with E-state index in [9.17, 15) is 0 Å². The minimum atomic E-state index is 0.803. The van der Waals surface area contributed by atoms with Gasteiger partial charge in [0.2, 0.25) is 0 Å². The van der Waals surface area contributed by atoms with Gasteiger partial charge in [-0.25, -0.2) is 0 Å². The van der Waals surface area contributed by atoms with Crippen molar-refractivity contribution in [3.63, 3.8) is 0 Å². The molecule has 0 aliphatic heterocycles. The fourth-order valence-corrected chi connectivity index (χ4v) is 22.8. The monoisotopic (exact) mass is 1250 g/mol. The fraction of sp³-hybridized carbons (Fsp3) is 1.00. The molecule has 6 spiro atoms. The third kappa shape index (κ3) is 23.6. The molecule has 0 unspecified atom stereocenters. The number of hydrogen-bond acceptors (Lipinski definition) is 0. The molecule has 0 heteroatoms. The van der Waals surface area contributed by atoms with Gasteiger partial charge in [-0.2, -0.15) is 0 Å². The van der Waals surface area contributed by atoms with E-state index < -0.39 is 0 Å². The van der Waals surface area contributed by atoms with Crippen LogP contribution in [0.1, 0.15) is 433 Å². The second-order valence-corrected chi connectivity index (χ2v) is 40.6. The van der Waals surface area contributed by atoms with Crippen molar-refractivity contribution in [2.75, 3.05) is 0 Å². The van der Waals surface area contributed by atoms with Crippen LogP contribution in [0, 0.1) is 139 Å². The van der Waals surface area contributed by atoms with Crippen LogP contribution in [0.3, 0.4) is 0 Å². The Morgan fingerprint density at radius 3 is 0.300 bits per heavy atom. The first-order chi connectivity index (χ1) is 42.7. The first kappa shape index (κ1) is 77.4. The van der Waals surface area contributed by atoms with Gasteiger partial charge in [-0.1, -0.05) is 202 Å². The Morgan fingerprint density at radius 2 is 0.222 bits per heavy atom. The van der Waals surface area contributed by atoms with Gasteiger partial charge >= 0.3 is 0 Å². The summed E-state index contributed by atoms with van der Waals surface area (Å²) < 4.78 is 0. The van der Waals surface area contributed by atoms with Gasteiger partial charge < -0.3 is 0 Å². The quantitative estimate of drug-likeness (QED) is 0.249. The van der Waals surface area contributed by atoms with Gasteiger partial charge in [-0.05, 0) is 370 Å². The smallest absolute Gasteiger partial charge is 0.0297 e. The Bertz CT molecular complexity index is 1470. The van der Waals surface area contributed by atoms with Crippen LogP contribution in [0.15, 0.2) is 0 Å². The Kier molecular flexibility index (Phi) is 31.1. The first-order valence-electron chi connectivity index (χ1n) is 42.7. The summed E-state index contributed by atoms with van der Waals surface area (Å²) in [6, 6.07) is 0. The van der Waals surface area contributed by atoms with Crippen LogP contribution in [-0.4, -0.2) is 0 Å². The molecule has 0 aromatic carbocycles. The molecule has 12 aliphatic carbocycles. The predicted octanol–water partition coefficient (Wildman–Crippen LogP) is 30.2. The molecule has 0 amide bonds. The molecule has 90 heavy (non-hydrogen) atoms. The summed E-state index contributed by atoms with van der Waals surface area (Å²) in [7, 11) is 0. The lowest BCUT2D eigenvalue weighted by molar-refractivity contribution is 0.0676. The lowest BCUT2D eigenvalue weighted by atomic mass is 9.60. The molecular formula is C90H168. The summed E-state index contributed by atoms with van der Waals surface area (Å²) in [6.07, 6.45) is 73.3. The van der Waals surface area contributed by atoms with Gasteiger partial charge in [0.1, 0.15) is 0 Å². The second kappa shape index (κ2) is 36.2. The summed E-state index contributed by atoms with van der Waals surface area (Å²) in [6.45, 7) is 43.5. The molecule has 12 saturated carbocycles. The van der Waals surface area contributed by atoms with Gasteiger partial charge in [0.15, 0.2) is 0 Å². The maximum atomic E-state index is 2.44. The average molecular weight is 1250 g/mol. The van der Waals surface area contributed by atoms with E-state index in [-0.39, 0.29) is 0 Å². The van der Waals surface area contributed by atoms with Crippen molar-refractivity contribution < 1.29 is 0 Å². The Balaban J connectivity index is 0.000000154. The zero-order chi connectivity index (χ0) is 65.3. The number of hydrogen-bond donors (Lipinski definition) is 0. The molecule has 0 radical (unpaired) electrons. The molecular weight excluding hydrogens is 1080 g/mol.